The molecule has 128 valence electrons. The summed E-state index contributed by atoms with van der Waals surface area (Å²) in [6.07, 6.45) is 2.53. The molecule has 2 nitrogen and oxygen atoms in total. The summed E-state index contributed by atoms with van der Waals surface area (Å²) in [6, 6.07) is 0. The van der Waals surface area contributed by atoms with Crippen LogP contribution in [-0.2, 0) is 0 Å². The van der Waals surface area contributed by atoms with Crippen molar-refractivity contribution in [2.75, 3.05) is 32.7 Å². The molecule has 0 bridgehead atoms. The van der Waals surface area contributed by atoms with E-state index in [1.54, 1.807) is 0 Å². The summed E-state index contributed by atoms with van der Waals surface area (Å²) in [6.45, 7) is 24.6. The first kappa shape index (κ1) is 20.9. The minimum Gasteiger partial charge on any atom is -0.316 e. The van der Waals surface area contributed by atoms with Crippen molar-refractivity contribution >= 4 is 0 Å². The fraction of sp³-hybridized carbons (Fsp3) is 1.00. The zero-order valence-corrected chi connectivity index (χ0v) is 16.1. The lowest BCUT2D eigenvalue weighted by Gasteiger charge is -2.39. The van der Waals surface area contributed by atoms with Gasteiger partial charge in [0, 0.05) is 26.2 Å². The summed E-state index contributed by atoms with van der Waals surface area (Å²) in [5, 5.41) is 3.71. The van der Waals surface area contributed by atoms with Gasteiger partial charge in [0.2, 0.25) is 0 Å². The number of nitrogens with one attached hydrogen (secondary N) is 1. The second kappa shape index (κ2) is 10.6. The Hall–Kier alpha value is -0.0800. The highest BCUT2D eigenvalue weighted by atomic mass is 15.1. The van der Waals surface area contributed by atoms with Crippen LogP contribution in [-0.4, -0.2) is 37.6 Å². The van der Waals surface area contributed by atoms with Crippen LogP contribution in [0.5, 0.6) is 0 Å². The summed E-state index contributed by atoms with van der Waals surface area (Å²) in [5.74, 6) is 2.23. The molecule has 0 heterocycles. The van der Waals surface area contributed by atoms with Gasteiger partial charge in [-0.1, -0.05) is 55.4 Å². The molecule has 0 aromatic rings. The molecule has 0 radical (unpaired) electrons. The van der Waals surface area contributed by atoms with Crippen LogP contribution in [0, 0.1) is 23.2 Å². The van der Waals surface area contributed by atoms with Crippen molar-refractivity contribution in [3.05, 3.63) is 0 Å². The van der Waals surface area contributed by atoms with Crippen molar-refractivity contribution in [2.45, 2.75) is 68.2 Å². The molecule has 1 N–H and O–H groups in total. The third-order valence-electron chi connectivity index (χ3n) is 4.36. The van der Waals surface area contributed by atoms with E-state index in [4.69, 9.17) is 0 Å². The average Bonchev–Trinajstić information content (AvgIpc) is 2.35. The Balaban J connectivity index is 4.71. The molecule has 0 amide bonds. The molecule has 0 aromatic heterocycles. The van der Waals surface area contributed by atoms with E-state index in [-0.39, 0.29) is 0 Å². The molecule has 0 aliphatic rings. The van der Waals surface area contributed by atoms with Gasteiger partial charge in [0.15, 0.2) is 0 Å². The lowest BCUT2D eigenvalue weighted by atomic mass is 9.81. The molecule has 2 heteroatoms. The number of hydrogen-bond donors (Lipinski definition) is 1. The Morgan fingerprint density at radius 2 is 1.29 bits per heavy atom. The maximum atomic E-state index is 3.71. The molecular formula is C19H42N2. The lowest BCUT2D eigenvalue weighted by molar-refractivity contribution is 0.112. The number of hydrogen-bond acceptors (Lipinski definition) is 2. The topological polar surface area (TPSA) is 15.3 Å². The van der Waals surface area contributed by atoms with Crippen molar-refractivity contribution in [1.82, 2.24) is 10.2 Å². The van der Waals surface area contributed by atoms with E-state index < -0.39 is 0 Å². The van der Waals surface area contributed by atoms with Crippen LogP contribution < -0.4 is 5.32 Å². The van der Waals surface area contributed by atoms with Crippen LogP contribution in [0.25, 0.3) is 0 Å². The van der Waals surface area contributed by atoms with E-state index in [0.717, 1.165) is 30.8 Å². The zero-order chi connectivity index (χ0) is 16.5. The third-order valence-corrected chi connectivity index (χ3v) is 4.36. The highest BCUT2D eigenvalue weighted by molar-refractivity contribution is 4.84. The van der Waals surface area contributed by atoms with E-state index >= 15 is 0 Å². The largest absolute Gasteiger partial charge is 0.316 e. The summed E-state index contributed by atoms with van der Waals surface area (Å²) >= 11 is 0. The first-order valence-electron chi connectivity index (χ1n) is 9.17. The fourth-order valence-electron chi connectivity index (χ4n) is 3.12. The summed E-state index contributed by atoms with van der Waals surface area (Å²) in [7, 11) is 0. The molecular weight excluding hydrogens is 256 g/mol. The highest BCUT2D eigenvalue weighted by Crippen LogP contribution is 2.27. The average molecular weight is 299 g/mol. The third kappa shape index (κ3) is 9.52. The van der Waals surface area contributed by atoms with Crippen molar-refractivity contribution in [3.8, 4) is 0 Å². The van der Waals surface area contributed by atoms with Gasteiger partial charge in [0.25, 0.3) is 0 Å². The zero-order valence-electron chi connectivity index (χ0n) is 16.1. The van der Waals surface area contributed by atoms with E-state index in [2.05, 4.69) is 65.6 Å². The molecule has 0 spiro atoms. The quantitative estimate of drug-likeness (QED) is 0.564. The SMILES string of the molecule is CCC(CC)(CNCC(C)C)CN(CC(C)C)CC(C)C. The summed E-state index contributed by atoms with van der Waals surface area (Å²) in [5.41, 5.74) is 0.429. The Kier molecular flexibility index (Phi) is 10.6. The van der Waals surface area contributed by atoms with Crippen LogP contribution in [0.15, 0.2) is 0 Å². The molecule has 0 atom stereocenters. The van der Waals surface area contributed by atoms with E-state index in [1.807, 2.05) is 0 Å². The fourth-order valence-corrected chi connectivity index (χ4v) is 3.12. The molecule has 0 unspecified atom stereocenters. The van der Waals surface area contributed by atoms with Gasteiger partial charge in [0.05, 0.1) is 0 Å². The lowest BCUT2D eigenvalue weighted by Crippen LogP contribution is -2.46. The Labute approximate surface area is 135 Å². The van der Waals surface area contributed by atoms with Gasteiger partial charge in [-0.25, -0.2) is 0 Å². The monoisotopic (exact) mass is 298 g/mol. The van der Waals surface area contributed by atoms with Crippen LogP contribution in [0.2, 0.25) is 0 Å². The second-order valence-electron chi connectivity index (χ2n) is 8.21. The molecule has 21 heavy (non-hydrogen) atoms. The van der Waals surface area contributed by atoms with Gasteiger partial charge in [-0.15, -0.1) is 0 Å². The van der Waals surface area contributed by atoms with Gasteiger partial charge in [-0.05, 0) is 42.6 Å². The van der Waals surface area contributed by atoms with Gasteiger partial charge in [-0.3, -0.25) is 0 Å². The Bertz CT molecular complexity index is 232. The Morgan fingerprint density at radius 3 is 1.62 bits per heavy atom. The first-order chi connectivity index (χ1) is 9.74. The van der Waals surface area contributed by atoms with E-state index in [9.17, 15) is 0 Å². The van der Waals surface area contributed by atoms with Gasteiger partial charge in [-0.2, -0.15) is 0 Å². The van der Waals surface area contributed by atoms with E-state index in [0.29, 0.717) is 5.41 Å². The maximum Gasteiger partial charge on any atom is 0.00502 e. The molecule has 0 aromatic carbocycles. The van der Waals surface area contributed by atoms with Gasteiger partial charge in [0.1, 0.15) is 0 Å². The molecule has 0 saturated heterocycles. The minimum atomic E-state index is 0.429. The normalized spacial score (nSPS) is 13.1. The molecule has 0 aliphatic heterocycles. The molecule has 0 rings (SSSR count). The van der Waals surface area contributed by atoms with E-state index in [1.165, 1.54) is 32.5 Å². The molecule has 0 aliphatic carbocycles. The highest BCUT2D eigenvalue weighted by Gasteiger charge is 2.29. The smallest absolute Gasteiger partial charge is 0.00502 e. The van der Waals surface area contributed by atoms with Gasteiger partial charge < -0.3 is 10.2 Å². The van der Waals surface area contributed by atoms with Crippen LogP contribution in [0.1, 0.15) is 68.2 Å². The van der Waals surface area contributed by atoms with Crippen molar-refractivity contribution in [2.24, 2.45) is 23.2 Å². The standard InChI is InChI=1S/C19H42N2/c1-9-19(10-2,14-20-11-16(3)4)15-21(12-17(5)6)13-18(7)8/h16-18,20H,9-15H2,1-8H3. The first-order valence-corrected chi connectivity index (χ1v) is 9.17. The van der Waals surface area contributed by atoms with Crippen molar-refractivity contribution in [1.29, 1.82) is 0 Å². The number of rotatable bonds is 12. The summed E-state index contributed by atoms with van der Waals surface area (Å²) < 4.78 is 0. The van der Waals surface area contributed by atoms with Crippen LogP contribution in [0.3, 0.4) is 0 Å². The minimum absolute atomic E-state index is 0.429. The van der Waals surface area contributed by atoms with Crippen LogP contribution >= 0.6 is 0 Å². The Morgan fingerprint density at radius 1 is 0.810 bits per heavy atom. The number of nitrogens with zero attached hydrogens (tertiary/aromatic N) is 1. The van der Waals surface area contributed by atoms with Gasteiger partial charge >= 0.3 is 0 Å². The summed E-state index contributed by atoms with van der Waals surface area (Å²) in [4.78, 5) is 2.71. The van der Waals surface area contributed by atoms with Crippen molar-refractivity contribution < 1.29 is 0 Å². The van der Waals surface area contributed by atoms with Crippen LogP contribution in [0.4, 0.5) is 0 Å². The molecule has 0 fully saturated rings. The molecule has 0 saturated carbocycles. The predicted molar refractivity (Wildman–Crippen MR) is 96.8 cm³/mol. The predicted octanol–water partition coefficient (Wildman–Crippen LogP) is 4.65. The maximum absolute atomic E-state index is 3.71. The second-order valence-corrected chi connectivity index (χ2v) is 8.21. The van der Waals surface area contributed by atoms with Crippen molar-refractivity contribution in [3.63, 3.8) is 0 Å².